The number of primary sulfonamides is 1. The number of nitrogens with two attached hydrogens (primary N) is 1. The maximum absolute atomic E-state index is 12.9. The van der Waals surface area contributed by atoms with E-state index >= 15 is 0 Å². The van der Waals surface area contributed by atoms with E-state index in [1.54, 1.807) is 23.5 Å². The fourth-order valence-electron chi connectivity index (χ4n) is 3.29. The Balaban J connectivity index is 1.69. The number of hydrogen-bond donors (Lipinski definition) is 2. The first kappa shape index (κ1) is 23.1. The van der Waals surface area contributed by atoms with Crippen molar-refractivity contribution in [2.75, 3.05) is 13.6 Å². The Labute approximate surface area is 187 Å². The molecular formula is C23H27N3O3S2. The number of rotatable bonds is 8. The molecule has 3 N–H and O–H groups in total. The van der Waals surface area contributed by atoms with Gasteiger partial charge in [0.1, 0.15) is 0 Å². The molecule has 2 unspecified atom stereocenters. The highest BCUT2D eigenvalue weighted by Crippen LogP contribution is 2.27. The molecule has 0 aliphatic rings. The molecular weight excluding hydrogens is 430 g/mol. The Kier molecular flexibility index (Phi) is 7.27. The lowest BCUT2D eigenvalue weighted by Crippen LogP contribution is -2.38. The van der Waals surface area contributed by atoms with Crippen molar-refractivity contribution in [3.63, 3.8) is 0 Å². The van der Waals surface area contributed by atoms with Crippen LogP contribution in [-0.2, 0) is 14.8 Å². The highest BCUT2D eigenvalue weighted by atomic mass is 32.2. The maximum atomic E-state index is 12.9. The summed E-state index contributed by atoms with van der Waals surface area (Å²) in [6.07, 6.45) is 0. The van der Waals surface area contributed by atoms with Crippen molar-refractivity contribution in [2.24, 2.45) is 5.14 Å². The topological polar surface area (TPSA) is 92.5 Å². The van der Waals surface area contributed by atoms with Gasteiger partial charge in [-0.2, -0.15) is 0 Å². The quantitative estimate of drug-likeness (QED) is 0.541. The number of nitrogens with zero attached hydrogens (tertiary/aromatic N) is 1. The van der Waals surface area contributed by atoms with Crippen molar-refractivity contribution in [2.45, 2.75) is 30.8 Å². The molecule has 0 aliphatic carbocycles. The number of sulfonamides is 1. The van der Waals surface area contributed by atoms with E-state index in [0.717, 1.165) is 16.0 Å². The van der Waals surface area contributed by atoms with Gasteiger partial charge in [0.15, 0.2) is 0 Å². The molecule has 2 aromatic carbocycles. The second-order valence-corrected chi connectivity index (χ2v) is 10.2. The highest BCUT2D eigenvalue weighted by Gasteiger charge is 2.21. The van der Waals surface area contributed by atoms with E-state index in [0.29, 0.717) is 0 Å². The zero-order chi connectivity index (χ0) is 22.6. The number of aryl methyl sites for hydroxylation is 1. The summed E-state index contributed by atoms with van der Waals surface area (Å²) in [5.41, 5.74) is 3.11. The van der Waals surface area contributed by atoms with Crippen molar-refractivity contribution < 1.29 is 13.2 Å². The molecule has 6 nitrogen and oxygen atoms in total. The van der Waals surface area contributed by atoms with Crippen LogP contribution >= 0.6 is 11.3 Å². The smallest absolute Gasteiger partial charge is 0.238 e. The predicted octanol–water partition coefficient (Wildman–Crippen LogP) is 3.60. The Morgan fingerprint density at radius 3 is 2.23 bits per heavy atom. The standard InChI is InChI=1S/C23H27N3O3S2/c1-16-6-8-19(9-7-16)23(21-5-4-14-30-21)25-22(27)15-26(3)17(2)18-10-12-20(13-11-18)31(24,28)29/h4-14,17,23H,15H2,1-3H3,(H,25,27)(H2,24,28,29). The van der Waals surface area contributed by atoms with E-state index in [1.807, 2.05) is 67.6 Å². The Morgan fingerprint density at radius 1 is 1.06 bits per heavy atom. The Bertz CT molecular complexity index is 1110. The van der Waals surface area contributed by atoms with Gasteiger partial charge in [0.2, 0.25) is 15.9 Å². The fourth-order valence-corrected chi connectivity index (χ4v) is 4.61. The number of nitrogens with one attached hydrogen (secondary N) is 1. The van der Waals surface area contributed by atoms with Gasteiger partial charge in [-0.3, -0.25) is 9.69 Å². The summed E-state index contributed by atoms with van der Waals surface area (Å²) >= 11 is 1.61. The van der Waals surface area contributed by atoms with E-state index in [2.05, 4.69) is 5.32 Å². The Hall–Kier alpha value is -2.52. The number of amides is 1. The lowest BCUT2D eigenvalue weighted by atomic mass is 10.0. The molecule has 2 atom stereocenters. The minimum Gasteiger partial charge on any atom is -0.343 e. The zero-order valence-electron chi connectivity index (χ0n) is 17.8. The van der Waals surface area contributed by atoms with Gasteiger partial charge in [0.05, 0.1) is 17.5 Å². The van der Waals surface area contributed by atoms with Crippen LogP contribution in [0.4, 0.5) is 0 Å². The maximum Gasteiger partial charge on any atom is 0.238 e. The molecule has 1 heterocycles. The van der Waals surface area contributed by atoms with Gasteiger partial charge < -0.3 is 5.32 Å². The Morgan fingerprint density at radius 2 is 1.68 bits per heavy atom. The van der Waals surface area contributed by atoms with Crippen LogP contribution in [0, 0.1) is 6.92 Å². The molecule has 31 heavy (non-hydrogen) atoms. The SMILES string of the molecule is Cc1ccc(C(NC(=O)CN(C)C(C)c2ccc(S(N)(=O)=O)cc2)c2cccs2)cc1. The summed E-state index contributed by atoms with van der Waals surface area (Å²) in [7, 11) is -1.86. The van der Waals surface area contributed by atoms with Crippen LogP contribution in [0.15, 0.2) is 70.9 Å². The van der Waals surface area contributed by atoms with Crippen molar-refractivity contribution >= 4 is 27.3 Å². The van der Waals surface area contributed by atoms with Crippen LogP contribution in [0.5, 0.6) is 0 Å². The van der Waals surface area contributed by atoms with Crippen molar-refractivity contribution in [1.82, 2.24) is 10.2 Å². The first-order valence-corrected chi connectivity index (χ1v) is 12.3. The summed E-state index contributed by atoms with van der Waals surface area (Å²) in [6.45, 7) is 4.20. The van der Waals surface area contributed by atoms with Gasteiger partial charge in [-0.05, 0) is 55.6 Å². The van der Waals surface area contributed by atoms with Gasteiger partial charge in [-0.25, -0.2) is 13.6 Å². The van der Waals surface area contributed by atoms with Gasteiger partial charge in [0.25, 0.3) is 0 Å². The van der Waals surface area contributed by atoms with Crippen LogP contribution in [0.1, 0.15) is 40.6 Å². The second kappa shape index (κ2) is 9.74. The third-order valence-electron chi connectivity index (χ3n) is 5.29. The van der Waals surface area contributed by atoms with Gasteiger partial charge >= 0.3 is 0 Å². The van der Waals surface area contributed by atoms with E-state index in [9.17, 15) is 13.2 Å². The third kappa shape index (κ3) is 6.01. The van der Waals surface area contributed by atoms with E-state index in [4.69, 9.17) is 5.14 Å². The summed E-state index contributed by atoms with van der Waals surface area (Å²) in [4.78, 5) is 15.9. The average Bonchev–Trinajstić information content (AvgIpc) is 3.26. The molecule has 164 valence electrons. The fraction of sp³-hybridized carbons (Fsp3) is 0.261. The molecule has 3 aromatic rings. The molecule has 0 spiro atoms. The van der Waals surface area contributed by atoms with Crippen LogP contribution in [0.3, 0.4) is 0 Å². The first-order chi connectivity index (χ1) is 14.6. The molecule has 0 saturated carbocycles. The summed E-state index contributed by atoms with van der Waals surface area (Å²) in [5, 5.41) is 10.3. The summed E-state index contributed by atoms with van der Waals surface area (Å²) in [6, 6.07) is 18.3. The average molecular weight is 458 g/mol. The number of carbonyl (C=O) groups is 1. The molecule has 0 saturated heterocycles. The molecule has 1 amide bonds. The van der Waals surface area contributed by atoms with E-state index < -0.39 is 10.0 Å². The number of hydrogen-bond acceptors (Lipinski definition) is 5. The normalized spacial score (nSPS) is 13.7. The molecule has 0 fully saturated rings. The number of benzene rings is 2. The van der Waals surface area contributed by atoms with Gasteiger partial charge in [-0.1, -0.05) is 48.0 Å². The molecule has 1 aromatic heterocycles. The largest absolute Gasteiger partial charge is 0.343 e. The van der Waals surface area contributed by atoms with Gasteiger partial charge in [-0.15, -0.1) is 11.3 Å². The minimum atomic E-state index is -3.73. The summed E-state index contributed by atoms with van der Waals surface area (Å²) in [5.74, 6) is -0.0884. The molecule has 0 aliphatic heterocycles. The molecule has 0 bridgehead atoms. The molecule has 8 heteroatoms. The van der Waals surface area contributed by atoms with Crippen LogP contribution < -0.4 is 10.5 Å². The highest BCUT2D eigenvalue weighted by molar-refractivity contribution is 7.89. The van der Waals surface area contributed by atoms with Crippen LogP contribution in [0.2, 0.25) is 0 Å². The second-order valence-electron chi connectivity index (χ2n) is 7.63. The van der Waals surface area contributed by atoms with E-state index in [-0.39, 0.29) is 29.4 Å². The number of likely N-dealkylation sites (N-methyl/N-ethyl adjacent to an activating group) is 1. The van der Waals surface area contributed by atoms with Crippen LogP contribution in [-0.4, -0.2) is 32.8 Å². The number of carbonyl (C=O) groups excluding carboxylic acids is 1. The van der Waals surface area contributed by atoms with Crippen LogP contribution in [0.25, 0.3) is 0 Å². The lowest BCUT2D eigenvalue weighted by Gasteiger charge is -2.26. The van der Waals surface area contributed by atoms with Crippen molar-refractivity contribution in [3.8, 4) is 0 Å². The van der Waals surface area contributed by atoms with E-state index in [1.165, 1.54) is 17.7 Å². The lowest BCUT2D eigenvalue weighted by molar-refractivity contribution is -0.122. The number of thiophene rings is 1. The third-order valence-corrected chi connectivity index (χ3v) is 7.16. The van der Waals surface area contributed by atoms with Crippen molar-refractivity contribution in [1.29, 1.82) is 0 Å². The predicted molar refractivity (Wildman–Crippen MR) is 124 cm³/mol. The monoisotopic (exact) mass is 457 g/mol. The van der Waals surface area contributed by atoms with Gasteiger partial charge in [0, 0.05) is 10.9 Å². The first-order valence-electron chi connectivity index (χ1n) is 9.87. The minimum absolute atomic E-state index is 0.0701. The molecule has 3 rings (SSSR count). The summed E-state index contributed by atoms with van der Waals surface area (Å²) < 4.78 is 22.9. The molecule has 0 radical (unpaired) electrons. The van der Waals surface area contributed by atoms with Crippen molar-refractivity contribution in [3.05, 3.63) is 87.6 Å². The zero-order valence-corrected chi connectivity index (χ0v) is 19.4.